The molecule has 0 aliphatic heterocycles. The molecule has 0 unspecified atom stereocenters. The fourth-order valence-corrected chi connectivity index (χ4v) is 8.59. The molecule has 0 radical (unpaired) electrons. The third kappa shape index (κ3) is 3.74. The van der Waals surface area contributed by atoms with Gasteiger partial charge in [-0.3, -0.25) is 0 Å². The van der Waals surface area contributed by atoms with Crippen molar-refractivity contribution >= 4 is 85.3 Å². The van der Waals surface area contributed by atoms with E-state index in [2.05, 4.69) is 136 Å². The first kappa shape index (κ1) is 17.6. The molecule has 0 aliphatic rings. The van der Waals surface area contributed by atoms with Crippen LogP contribution in [0.4, 0.5) is 0 Å². The molecule has 0 amide bonds. The Bertz CT molecular complexity index is 685. The van der Waals surface area contributed by atoms with Gasteiger partial charge in [0.05, 0.1) is 0 Å². The molecule has 0 nitrogen and oxygen atoms in total. The Labute approximate surface area is 170 Å². The van der Waals surface area contributed by atoms with Crippen LogP contribution in [0.2, 0.25) is 0 Å². The molecule has 3 aromatic rings. The van der Waals surface area contributed by atoms with E-state index in [4.69, 9.17) is 0 Å². The van der Waals surface area contributed by atoms with Crippen LogP contribution in [0.5, 0.6) is 0 Å². The van der Waals surface area contributed by atoms with E-state index < -0.39 is 6.69 Å². The quantitative estimate of drug-likeness (QED) is 0.225. The van der Waals surface area contributed by atoms with Crippen molar-refractivity contribution in [1.82, 2.24) is 0 Å². The van der Waals surface area contributed by atoms with Gasteiger partial charge in [0.25, 0.3) is 0 Å². The minimum Gasteiger partial charge on any atom is -0.108 e. The van der Waals surface area contributed by atoms with Gasteiger partial charge in [0, 0.05) is 13.4 Å². The molecular formula is C18H12Br4Si. The van der Waals surface area contributed by atoms with Gasteiger partial charge in [0.1, 0.15) is 0 Å². The lowest BCUT2D eigenvalue weighted by molar-refractivity contribution is 1.65. The highest BCUT2D eigenvalue weighted by atomic mass is 79.9. The fraction of sp³-hybridized carbons (Fsp3) is 0. The first-order valence-corrected chi connectivity index (χ1v) is 13.6. The summed E-state index contributed by atoms with van der Waals surface area (Å²) in [6, 6.07) is 25.9. The lowest BCUT2D eigenvalue weighted by atomic mass is 10.3. The molecule has 0 saturated carbocycles. The third-order valence-electron chi connectivity index (χ3n) is 3.73. The van der Waals surface area contributed by atoms with Crippen molar-refractivity contribution in [2.75, 3.05) is 0 Å². The van der Waals surface area contributed by atoms with E-state index in [0.717, 1.165) is 13.4 Å². The van der Waals surface area contributed by atoms with Gasteiger partial charge in [-0.1, -0.05) is 84.2 Å². The summed E-state index contributed by atoms with van der Waals surface area (Å²) in [7, 11) is 0. The molecule has 116 valence electrons. The minimum atomic E-state index is -2.20. The Kier molecular flexibility index (Phi) is 5.63. The highest BCUT2D eigenvalue weighted by Crippen LogP contribution is 2.19. The summed E-state index contributed by atoms with van der Waals surface area (Å²) < 4.78 is 3.28. The maximum absolute atomic E-state index is 4.18. The van der Waals surface area contributed by atoms with Gasteiger partial charge in [-0.2, -0.15) is 0 Å². The predicted octanol–water partition coefficient (Wildman–Crippen LogP) is 5.34. The van der Waals surface area contributed by atoms with Gasteiger partial charge in [0.2, 0.25) is 6.69 Å². The van der Waals surface area contributed by atoms with E-state index in [0.29, 0.717) is 0 Å². The zero-order valence-electron chi connectivity index (χ0n) is 11.9. The van der Waals surface area contributed by atoms with Crippen molar-refractivity contribution in [1.29, 1.82) is 0 Å². The van der Waals surface area contributed by atoms with Crippen LogP contribution in [0.3, 0.4) is 0 Å². The lowest BCUT2D eigenvalue weighted by Gasteiger charge is -2.27. The van der Waals surface area contributed by atoms with E-state index in [1.165, 1.54) is 15.6 Å². The largest absolute Gasteiger partial charge is 0.221 e. The maximum atomic E-state index is 4.18. The molecule has 0 aromatic heterocycles. The Morgan fingerprint density at radius 1 is 0.435 bits per heavy atom. The van der Waals surface area contributed by atoms with E-state index in [-0.39, 0.29) is 0 Å². The van der Waals surface area contributed by atoms with Crippen LogP contribution in [-0.4, -0.2) is 6.69 Å². The van der Waals surface area contributed by atoms with Gasteiger partial charge in [-0.25, -0.2) is 0 Å². The van der Waals surface area contributed by atoms with E-state index in [9.17, 15) is 0 Å². The van der Waals surface area contributed by atoms with Crippen LogP contribution < -0.4 is 15.6 Å². The van der Waals surface area contributed by atoms with Gasteiger partial charge in [-0.05, 0) is 52.0 Å². The first-order valence-electron chi connectivity index (χ1n) is 6.97. The number of hydrogen-bond acceptors (Lipinski definition) is 0. The lowest BCUT2D eigenvalue weighted by Crippen LogP contribution is -2.62. The van der Waals surface area contributed by atoms with E-state index in [1.54, 1.807) is 0 Å². The van der Waals surface area contributed by atoms with Crippen molar-refractivity contribution < 1.29 is 0 Å². The van der Waals surface area contributed by atoms with Crippen LogP contribution >= 0.6 is 63.1 Å². The second kappa shape index (κ2) is 7.36. The molecule has 0 aliphatic carbocycles. The Hall–Kier alpha value is -0.203. The monoisotopic (exact) mass is 572 g/mol. The second-order valence-electron chi connectivity index (χ2n) is 5.18. The summed E-state index contributed by atoms with van der Waals surface area (Å²) in [6.07, 6.45) is 0. The highest BCUT2D eigenvalue weighted by Gasteiger charge is 2.36. The Morgan fingerprint density at radius 3 is 0.870 bits per heavy atom. The molecule has 0 heterocycles. The first-order chi connectivity index (χ1) is 11.0. The number of hydrogen-bond donors (Lipinski definition) is 0. The average molecular weight is 576 g/mol. The zero-order chi connectivity index (χ0) is 16.4. The van der Waals surface area contributed by atoms with Crippen LogP contribution in [0.1, 0.15) is 0 Å². The molecule has 23 heavy (non-hydrogen) atoms. The smallest absolute Gasteiger partial charge is 0.108 e. The summed E-state index contributed by atoms with van der Waals surface area (Å²) in [5.74, 6) is 0. The van der Waals surface area contributed by atoms with Gasteiger partial charge < -0.3 is 0 Å². The summed E-state index contributed by atoms with van der Waals surface area (Å²) >= 11 is 14.8. The van der Waals surface area contributed by atoms with Crippen LogP contribution in [0.15, 0.2) is 86.2 Å². The highest BCUT2D eigenvalue weighted by molar-refractivity contribution is 9.27. The zero-order valence-corrected chi connectivity index (χ0v) is 19.3. The van der Waals surface area contributed by atoms with E-state index in [1.807, 2.05) is 0 Å². The second-order valence-corrected chi connectivity index (χ2v) is 14.5. The topological polar surface area (TPSA) is 0 Å². The summed E-state index contributed by atoms with van der Waals surface area (Å²) in [5.41, 5.74) is 0. The number of halogens is 4. The molecule has 3 aromatic carbocycles. The SMILES string of the molecule is Brc1ccc([Si](Br)(c2ccc(Br)cc2)c2ccc(Br)cc2)cc1. The molecule has 0 spiro atoms. The van der Waals surface area contributed by atoms with Crippen molar-refractivity contribution in [3.05, 3.63) is 86.2 Å². The Morgan fingerprint density at radius 2 is 0.652 bits per heavy atom. The summed E-state index contributed by atoms with van der Waals surface area (Å²) in [5, 5.41) is 3.97. The molecule has 0 N–H and O–H groups in total. The van der Waals surface area contributed by atoms with Crippen molar-refractivity contribution in [3.8, 4) is 0 Å². The summed E-state index contributed by atoms with van der Waals surface area (Å²) in [4.78, 5) is 0. The molecule has 0 fully saturated rings. The van der Waals surface area contributed by atoms with Crippen LogP contribution in [0.25, 0.3) is 0 Å². The van der Waals surface area contributed by atoms with Crippen LogP contribution in [0, 0.1) is 0 Å². The van der Waals surface area contributed by atoms with Crippen LogP contribution in [-0.2, 0) is 0 Å². The van der Waals surface area contributed by atoms with Crippen molar-refractivity contribution in [2.45, 2.75) is 0 Å². The fourth-order valence-electron chi connectivity index (χ4n) is 2.54. The van der Waals surface area contributed by atoms with Gasteiger partial charge in [-0.15, -0.1) is 15.3 Å². The normalized spacial score (nSPS) is 11.5. The predicted molar refractivity (Wildman–Crippen MR) is 116 cm³/mol. The minimum absolute atomic E-state index is 1.09. The molecule has 0 saturated heterocycles. The van der Waals surface area contributed by atoms with Crippen molar-refractivity contribution in [2.24, 2.45) is 0 Å². The van der Waals surface area contributed by atoms with Crippen molar-refractivity contribution in [3.63, 3.8) is 0 Å². The molecular weight excluding hydrogens is 564 g/mol. The summed E-state index contributed by atoms with van der Waals surface area (Å²) in [6.45, 7) is -2.20. The average Bonchev–Trinajstić information content (AvgIpc) is 2.56. The van der Waals surface area contributed by atoms with Gasteiger partial charge in [0.15, 0.2) is 0 Å². The molecule has 0 atom stereocenters. The van der Waals surface area contributed by atoms with E-state index >= 15 is 0 Å². The Balaban J connectivity index is 2.21. The third-order valence-corrected chi connectivity index (χ3v) is 12.8. The maximum Gasteiger partial charge on any atom is 0.221 e. The molecule has 3 rings (SSSR count). The number of rotatable bonds is 3. The molecule has 5 heteroatoms. The number of benzene rings is 3. The standard InChI is InChI=1S/C18H12Br4Si/c19-13-1-7-16(8-2-13)23(22,17-9-3-14(20)4-10-17)18-11-5-15(21)6-12-18/h1-12H. The molecule has 0 bridgehead atoms. The van der Waals surface area contributed by atoms with Gasteiger partial charge >= 0.3 is 0 Å².